The SMILES string of the molecule is CC[C@]12CCCN3C(=O)C[C@@H]4c5ccccc5N(C(=O)CC1)[C@@]432. The third kappa shape index (κ3) is 1.28. The highest BCUT2D eigenvalue weighted by Crippen LogP contribution is 2.68. The van der Waals surface area contributed by atoms with E-state index in [1.165, 1.54) is 5.56 Å². The zero-order chi connectivity index (χ0) is 15.8. The van der Waals surface area contributed by atoms with E-state index in [1.807, 2.05) is 17.0 Å². The molecule has 3 atom stereocenters. The largest absolute Gasteiger partial charge is 0.318 e. The lowest BCUT2D eigenvalue weighted by Gasteiger charge is -2.62. The van der Waals surface area contributed by atoms with Crippen molar-refractivity contribution in [3.05, 3.63) is 29.8 Å². The van der Waals surface area contributed by atoms with Gasteiger partial charge in [0.05, 0.1) is 0 Å². The third-order valence-corrected chi connectivity index (χ3v) is 7.03. The maximum atomic E-state index is 13.0. The van der Waals surface area contributed by atoms with Crippen LogP contribution in [0.2, 0.25) is 0 Å². The number of fused-ring (bicyclic) bond motifs is 3. The number of benzene rings is 1. The monoisotopic (exact) mass is 310 g/mol. The normalized spacial score (nSPS) is 37.7. The van der Waals surface area contributed by atoms with Crippen molar-refractivity contribution in [2.45, 2.75) is 57.0 Å². The predicted octanol–water partition coefficient (Wildman–Crippen LogP) is 3.03. The van der Waals surface area contributed by atoms with Crippen molar-refractivity contribution in [2.75, 3.05) is 11.4 Å². The fourth-order valence-electron chi connectivity index (χ4n) is 6.23. The first-order valence-corrected chi connectivity index (χ1v) is 8.88. The van der Waals surface area contributed by atoms with E-state index in [1.54, 1.807) is 0 Å². The van der Waals surface area contributed by atoms with E-state index in [4.69, 9.17) is 0 Å². The summed E-state index contributed by atoms with van der Waals surface area (Å²) in [7, 11) is 0. The van der Waals surface area contributed by atoms with Crippen LogP contribution < -0.4 is 4.90 Å². The Kier molecular flexibility index (Phi) is 2.46. The van der Waals surface area contributed by atoms with Crippen LogP contribution in [0.1, 0.15) is 56.9 Å². The molecule has 3 saturated heterocycles. The molecule has 2 amide bonds. The lowest BCUT2D eigenvalue weighted by molar-refractivity contribution is -0.150. The summed E-state index contributed by atoms with van der Waals surface area (Å²) in [6, 6.07) is 8.26. The maximum Gasteiger partial charge on any atom is 0.228 e. The molecule has 120 valence electrons. The van der Waals surface area contributed by atoms with Gasteiger partial charge >= 0.3 is 0 Å². The van der Waals surface area contributed by atoms with Crippen LogP contribution in [0.4, 0.5) is 5.69 Å². The summed E-state index contributed by atoms with van der Waals surface area (Å²) in [5.41, 5.74) is 1.89. The number of nitrogens with zero attached hydrogens (tertiary/aromatic N) is 2. The number of hydrogen-bond donors (Lipinski definition) is 0. The van der Waals surface area contributed by atoms with Crippen molar-refractivity contribution in [2.24, 2.45) is 5.41 Å². The molecular formula is C19H22N2O2. The van der Waals surface area contributed by atoms with Gasteiger partial charge < -0.3 is 4.90 Å². The summed E-state index contributed by atoms with van der Waals surface area (Å²) >= 11 is 0. The van der Waals surface area contributed by atoms with Crippen molar-refractivity contribution in [3.8, 4) is 0 Å². The molecule has 4 nitrogen and oxygen atoms in total. The van der Waals surface area contributed by atoms with Gasteiger partial charge in [0, 0.05) is 36.4 Å². The van der Waals surface area contributed by atoms with Crippen LogP contribution in [-0.2, 0) is 9.59 Å². The van der Waals surface area contributed by atoms with Gasteiger partial charge in [-0.3, -0.25) is 14.5 Å². The summed E-state index contributed by atoms with van der Waals surface area (Å²) < 4.78 is 0. The summed E-state index contributed by atoms with van der Waals surface area (Å²) in [6.07, 6.45) is 5.31. The summed E-state index contributed by atoms with van der Waals surface area (Å²) in [5.74, 6) is 0.586. The van der Waals surface area contributed by atoms with E-state index in [-0.39, 0.29) is 23.1 Å². The average Bonchev–Trinajstić information content (AvgIpc) is 3.02. The molecule has 3 fully saturated rings. The molecule has 4 heterocycles. The Hall–Kier alpha value is -1.84. The van der Waals surface area contributed by atoms with E-state index in [9.17, 15) is 9.59 Å². The van der Waals surface area contributed by atoms with Gasteiger partial charge in [-0.2, -0.15) is 0 Å². The highest BCUT2D eigenvalue weighted by Gasteiger charge is 2.73. The number of hydrogen-bond acceptors (Lipinski definition) is 2. The number of rotatable bonds is 1. The molecule has 0 aromatic heterocycles. The Morgan fingerprint density at radius 2 is 2.00 bits per heavy atom. The van der Waals surface area contributed by atoms with Crippen LogP contribution in [0, 0.1) is 5.41 Å². The molecule has 1 spiro atoms. The van der Waals surface area contributed by atoms with Crippen LogP contribution in [-0.4, -0.2) is 28.9 Å². The fourth-order valence-corrected chi connectivity index (χ4v) is 6.23. The lowest BCUT2D eigenvalue weighted by Crippen LogP contribution is -2.73. The first-order chi connectivity index (χ1) is 11.2. The highest BCUT2D eigenvalue weighted by atomic mass is 16.2. The van der Waals surface area contributed by atoms with Crippen molar-refractivity contribution in [3.63, 3.8) is 0 Å². The van der Waals surface area contributed by atoms with Gasteiger partial charge in [0.25, 0.3) is 0 Å². The van der Waals surface area contributed by atoms with Crippen molar-refractivity contribution < 1.29 is 9.59 Å². The standard InChI is InChI=1S/C19H22N2O2/c1-2-18-9-5-11-20-17(23)12-14-13-6-3-4-7-15(13)21(19(14,18)20)16(22)8-10-18/h3-4,6-7,14H,2,5,8-12H2,1H3/t14-,18+,19-/m1/s1. The number of anilines is 1. The highest BCUT2D eigenvalue weighted by molar-refractivity contribution is 6.02. The number of carbonyl (C=O) groups excluding carboxylic acids is 2. The number of para-hydroxylation sites is 1. The Morgan fingerprint density at radius 1 is 1.17 bits per heavy atom. The lowest BCUT2D eigenvalue weighted by atomic mass is 9.59. The minimum absolute atomic E-state index is 0.0506. The van der Waals surface area contributed by atoms with Gasteiger partial charge in [-0.25, -0.2) is 0 Å². The summed E-state index contributed by atoms with van der Waals surface area (Å²) in [6.45, 7) is 3.05. The minimum atomic E-state index is -0.421. The molecule has 0 aliphatic carbocycles. The molecule has 0 saturated carbocycles. The molecule has 4 aliphatic heterocycles. The predicted molar refractivity (Wildman–Crippen MR) is 86.9 cm³/mol. The first-order valence-electron chi connectivity index (χ1n) is 8.88. The topological polar surface area (TPSA) is 40.6 Å². The Balaban J connectivity index is 1.85. The van der Waals surface area contributed by atoms with Gasteiger partial charge in [0.15, 0.2) is 0 Å². The molecule has 23 heavy (non-hydrogen) atoms. The molecule has 1 aromatic rings. The zero-order valence-corrected chi connectivity index (χ0v) is 13.5. The van der Waals surface area contributed by atoms with E-state index in [0.29, 0.717) is 12.8 Å². The Bertz CT molecular complexity index is 730. The molecule has 0 unspecified atom stereocenters. The first kappa shape index (κ1) is 13.6. The van der Waals surface area contributed by atoms with Crippen molar-refractivity contribution >= 4 is 17.5 Å². The van der Waals surface area contributed by atoms with Gasteiger partial charge in [0.1, 0.15) is 5.66 Å². The van der Waals surface area contributed by atoms with E-state index >= 15 is 0 Å². The van der Waals surface area contributed by atoms with Gasteiger partial charge in [0.2, 0.25) is 11.8 Å². The van der Waals surface area contributed by atoms with Gasteiger partial charge in [-0.05, 0) is 37.3 Å². The van der Waals surface area contributed by atoms with E-state index in [0.717, 1.165) is 37.9 Å². The van der Waals surface area contributed by atoms with E-state index < -0.39 is 5.66 Å². The second-order valence-electron chi connectivity index (χ2n) is 7.55. The fraction of sp³-hybridized carbons (Fsp3) is 0.579. The molecular weight excluding hydrogens is 288 g/mol. The molecule has 1 aromatic carbocycles. The van der Waals surface area contributed by atoms with Gasteiger partial charge in [-0.1, -0.05) is 25.1 Å². The quantitative estimate of drug-likeness (QED) is 0.800. The second-order valence-corrected chi connectivity index (χ2v) is 7.55. The average molecular weight is 310 g/mol. The molecule has 0 radical (unpaired) electrons. The Labute approximate surface area is 136 Å². The minimum Gasteiger partial charge on any atom is -0.318 e. The Morgan fingerprint density at radius 3 is 2.83 bits per heavy atom. The smallest absolute Gasteiger partial charge is 0.228 e. The number of carbonyl (C=O) groups is 2. The molecule has 5 rings (SSSR count). The van der Waals surface area contributed by atoms with Crippen molar-refractivity contribution in [1.82, 2.24) is 4.90 Å². The van der Waals surface area contributed by atoms with Crippen LogP contribution >= 0.6 is 0 Å². The molecule has 4 aliphatic rings. The van der Waals surface area contributed by atoms with Crippen LogP contribution in [0.25, 0.3) is 0 Å². The van der Waals surface area contributed by atoms with Gasteiger partial charge in [-0.15, -0.1) is 0 Å². The summed E-state index contributed by atoms with van der Waals surface area (Å²) in [4.78, 5) is 29.9. The molecule has 0 N–H and O–H groups in total. The third-order valence-electron chi connectivity index (χ3n) is 7.03. The van der Waals surface area contributed by atoms with Crippen LogP contribution in [0.5, 0.6) is 0 Å². The van der Waals surface area contributed by atoms with Crippen LogP contribution in [0.3, 0.4) is 0 Å². The number of amides is 2. The van der Waals surface area contributed by atoms with E-state index in [2.05, 4.69) is 24.0 Å². The van der Waals surface area contributed by atoms with Crippen molar-refractivity contribution in [1.29, 1.82) is 0 Å². The molecule has 4 heteroatoms. The number of piperidine rings is 2. The maximum absolute atomic E-state index is 13.0. The zero-order valence-electron chi connectivity index (χ0n) is 13.5. The second kappa shape index (κ2) is 4.16. The van der Waals surface area contributed by atoms with Crippen LogP contribution in [0.15, 0.2) is 24.3 Å². The summed E-state index contributed by atoms with van der Waals surface area (Å²) in [5, 5.41) is 0. The molecule has 0 bridgehead atoms.